The van der Waals surface area contributed by atoms with E-state index in [2.05, 4.69) is 14.9 Å². The molecule has 0 spiro atoms. The number of hydrogen-bond acceptors (Lipinski definition) is 6. The molecule has 1 aromatic carbocycles. The molecule has 33 heavy (non-hydrogen) atoms. The lowest BCUT2D eigenvalue weighted by molar-refractivity contribution is -0.145. The predicted molar refractivity (Wildman–Crippen MR) is 123 cm³/mol. The molecule has 2 fully saturated rings. The first-order chi connectivity index (χ1) is 15.9. The van der Waals surface area contributed by atoms with Crippen molar-refractivity contribution < 1.29 is 23.2 Å². The van der Waals surface area contributed by atoms with E-state index in [9.17, 15) is 18.5 Å². The molecule has 1 unspecified atom stereocenters. The molecular weight excluding hydrogens is 447 g/mol. The van der Waals surface area contributed by atoms with Crippen molar-refractivity contribution in [2.24, 2.45) is 5.92 Å². The van der Waals surface area contributed by atoms with Gasteiger partial charge in [-0.3, -0.25) is 4.79 Å². The van der Waals surface area contributed by atoms with Gasteiger partial charge in [-0.1, -0.05) is 12.1 Å². The van der Waals surface area contributed by atoms with Crippen LogP contribution in [-0.4, -0.2) is 68.6 Å². The number of piperidine rings is 2. The molecule has 0 amide bonds. The number of aromatic nitrogens is 2. The zero-order valence-electron chi connectivity index (χ0n) is 18.7. The van der Waals surface area contributed by atoms with Crippen LogP contribution in [0.5, 0.6) is 5.75 Å². The van der Waals surface area contributed by atoms with Crippen LogP contribution < -0.4 is 9.64 Å². The molecule has 1 atom stereocenters. The summed E-state index contributed by atoms with van der Waals surface area (Å²) in [6, 6.07) is 7.37. The predicted octanol–water partition coefficient (Wildman–Crippen LogP) is 2.62. The highest BCUT2D eigenvalue weighted by Gasteiger charge is 2.43. The van der Waals surface area contributed by atoms with Crippen molar-refractivity contribution >= 4 is 22.9 Å². The lowest BCUT2D eigenvalue weighted by atomic mass is 9.73. The van der Waals surface area contributed by atoms with Crippen LogP contribution in [0.25, 0.3) is 0 Å². The molecule has 1 aromatic heterocycles. The monoisotopic (exact) mass is 476 g/mol. The fourth-order valence-corrected chi connectivity index (χ4v) is 5.30. The Morgan fingerprint density at radius 3 is 2.30 bits per heavy atom. The Labute approximate surface area is 195 Å². The van der Waals surface area contributed by atoms with E-state index in [1.54, 1.807) is 6.26 Å². The number of aliphatic carboxylic acids is 1. The van der Waals surface area contributed by atoms with E-state index in [0.717, 1.165) is 37.2 Å². The first-order valence-electron chi connectivity index (χ1n) is 11.1. The van der Waals surface area contributed by atoms with Gasteiger partial charge in [0.1, 0.15) is 5.75 Å². The average Bonchev–Trinajstić information content (AvgIpc) is 2.84. The van der Waals surface area contributed by atoms with Crippen LogP contribution in [0, 0.1) is 11.7 Å². The summed E-state index contributed by atoms with van der Waals surface area (Å²) in [5, 5.41) is 9.97. The lowest BCUT2D eigenvalue weighted by Gasteiger charge is -2.38. The molecule has 0 radical (unpaired) electrons. The summed E-state index contributed by atoms with van der Waals surface area (Å²) < 4.78 is 32.5. The van der Waals surface area contributed by atoms with Gasteiger partial charge < -0.3 is 14.7 Å². The molecule has 4 rings (SSSR count). The summed E-state index contributed by atoms with van der Waals surface area (Å²) in [6.45, 7) is 3.15. The van der Waals surface area contributed by atoms with E-state index < -0.39 is 28.2 Å². The third-order valence-electron chi connectivity index (χ3n) is 6.75. The van der Waals surface area contributed by atoms with Crippen LogP contribution in [0.4, 0.5) is 10.3 Å². The number of anilines is 1. The number of nitrogens with zero attached hydrogens (tertiary/aromatic N) is 4. The smallest absolute Gasteiger partial charge is 0.314 e. The molecule has 10 heteroatoms. The fraction of sp³-hybridized carbons (Fsp3) is 0.522. The second-order valence-corrected chi connectivity index (χ2v) is 10.1. The van der Waals surface area contributed by atoms with E-state index in [1.165, 1.54) is 12.4 Å². The van der Waals surface area contributed by atoms with Gasteiger partial charge in [-0.05, 0) is 49.3 Å². The number of rotatable bonds is 7. The number of benzene rings is 1. The summed E-state index contributed by atoms with van der Waals surface area (Å²) in [4.78, 5) is 22.3. The van der Waals surface area contributed by atoms with Crippen molar-refractivity contribution in [2.75, 3.05) is 43.9 Å². The number of carboxylic acid groups (broad SMARTS) is 1. The number of carboxylic acids is 1. The SMILES string of the molecule is CS(=O)N1CCC(C(=O)O)(c2ccc(OCC3CCN(c4ncc(F)cn4)CC3)cc2)CC1. The van der Waals surface area contributed by atoms with Gasteiger partial charge in [-0.15, -0.1) is 0 Å². The van der Waals surface area contributed by atoms with Gasteiger partial charge in [0.15, 0.2) is 5.82 Å². The summed E-state index contributed by atoms with van der Waals surface area (Å²) in [5.74, 6) is 0.385. The van der Waals surface area contributed by atoms with Gasteiger partial charge in [0, 0.05) is 32.4 Å². The highest BCUT2D eigenvalue weighted by Crippen LogP contribution is 2.37. The maximum absolute atomic E-state index is 13.0. The van der Waals surface area contributed by atoms with E-state index in [1.807, 2.05) is 28.6 Å². The molecule has 2 aliphatic heterocycles. The molecule has 178 valence electrons. The van der Waals surface area contributed by atoms with Crippen molar-refractivity contribution in [3.63, 3.8) is 0 Å². The van der Waals surface area contributed by atoms with Crippen molar-refractivity contribution in [3.8, 4) is 5.75 Å². The minimum absolute atomic E-state index is 0.394. The van der Waals surface area contributed by atoms with Crippen LogP contribution >= 0.6 is 0 Å². The molecule has 2 aliphatic rings. The topological polar surface area (TPSA) is 95.9 Å². The second-order valence-electron chi connectivity index (χ2n) is 8.71. The van der Waals surface area contributed by atoms with E-state index >= 15 is 0 Å². The largest absolute Gasteiger partial charge is 0.493 e. The molecule has 2 aromatic rings. The third kappa shape index (κ3) is 5.33. The van der Waals surface area contributed by atoms with Crippen molar-refractivity contribution in [1.82, 2.24) is 14.3 Å². The zero-order valence-corrected chi connectivity index (χ0v) is 19.5. The summed E-state index contributed by atoms with van der Waals surface area (Å²) in [6.07, 6.45) is 6.71. The Balaban J connectivity index is 1.30. The highest BCUT2D eigenvalue weighted by molar-refractivity contribution is 7.81. The zero-order chi connectivity index (χ0) is 23.4. The van der Waals surface area contributed by atoms with Crippen LogP contribution in [0.3, 0.4) is 0 Å². The first-order valence-corrected chi connectivity index (χ1v) is 12.7. The van der Waals surface area contributed by atoms with Crippen molar-refractivity contribution in [3.05, 3.63) is 48.0 Å². The number of hydrogen-bond donors (Lipinski definition) is 1. The number of carbonyl (C=O) groups is 1. The van der Waals surface area contributed by atoms with Crippen LogP contribution in [0.1, 0.15) is 31.2 Å². The van der Waals surface area contributed by atoms with Crippen molar-refractivity contribution in [2.45, 2.75) is 31.1 Å². The van der Waals surface area contributed by atoms with Gasteiger partial charge >= 0.3 is 5.97 Å². The highest BCUT2D eigenvalue weighted by atomic mass is 32.2. The van der Waals surface area contributed by atoms with E-state index in [4.69, 9.17) is 4.74 Å². The van der Waals surface area contributed by atoms with Gasteiger partial charge in [0.05, 0.1) is 35.4 Å². The van der Waals surface area contributed by atoms with Crippen molar-refractivity contribution in [1.29, 1.82) is 0 Å². The van der Waals surface area contributed by atoms with Crippen LogP contribution in [0.15, 0.2) is 36.7 Å². The molecule has 2 saturated heterocycles. The molecule has 0 aliphatic carbocycles. The summed E-state index contributed by atoms with van der Waals surface area (Å²) in [5.41, 5.74) is -0.194. The Morgan fingerprint density at radius 1 is 1.15 bits per heavy atom. The molecule has 0 saturated carbocycles. The van der Waals surface area contributed by atoms with Crippen LogP contribution in [-0.2, 0) is 21.2 Å². The molecular formula is C23H29FN4O4S. The van der Waals surface area contributed by atoms with Crippen LogP contribution in [0.2, 0.25) is 0 Å². The van der Waals surface area contributed by atoms with E-state index in [-0.39, 0.29) is 0 Å². The summed E-state index contributed by atoms with van der Waals surface area (Å²) >= 11 is 0. The van der Waals surface area contributed by atoms with Gasteiger partial charge in [-0.25, -0.2) is 22.9 Å². The minimum Gasteiger partial charge on any atom is -0.493 e. The average molecular weight is 477 g/mol. The maximum atomic E-state index is 13.0. The quantitative estimate of drug-likeness (QED) is 0.656. The Morgan fingerprint density at radius 2 is 1.76 bits per heavy atom. The Kier molecular flexibility index (Phi) is 7.23. The Hall–Kier alpha value is -2.59. The molecule has 8 nitrogen and oxygen atoms in total. The van der Waals surface area contributed by atoms with Gasteiger partial charge in [-0.2, -0.15) is 0 Å². The maximum Gasteiger partial charge on any atom is 0.314 e. The van der Waals surface area contributed by atoms with E-state index in [0.29, 0.717) is 44.4 Å². The second kappa shape index (κ2) is 10.1. The summed E-state index contributed by atoms with van der Waals surface area (Å²) in [7, 11) is -1.08. The molecule has 0 bridgehead atoms. The third-order valence-corrected chi connectivity index (χ3v) is 7.84. The van der Waals surface area contributed by atoms with Gasteiger partial charge in [0.25, 0.3) is 0 Å². The lowest BCUT2D eigenvalue weighted by Crippen LogP contribution is -2.47. The Bertz CT molecular complexity index is 973. The normalized spacial score (nSPS) is 20.4. The standard InChI is InChI=1S/C23H29FN4O4S/c1-33(31)28-12-8-23(9-13-28,21(29)30)18-2-4-20(5-3-18)32-16-17-6-10-27(11-7-17)22-25-14-19(24)15-26-22/h2-5,14-15,17H,6-13,16H2,1H3,(H,29,30). The minimum atomic E-state index is -1.08. The number of ether oxygens (including phenoxy) is 1. The molecule has 3 heterocycles. The first kappa shape index (κ1) is 23.6. The van der Waals surface area contributed by atoms with Gasteiger partial charge in [0.2, 0.25) is 5.95 Å². The number of halogens is 1. The fourth-order valence-electron chi connectivity index (χ4n) is 4.60. The molecule has 1 N–H and O–H groups in total.